The van der Waals surface area contributed by atoms with Crippen molar-refractivity contribution < 1.29 is 5.11 Å². The number of benzene rings is 1. The molecule has 0 aliphatic heterocycles. The molecule has 0 spiro atoms. The summed E-state index contributed by atoms with van der Waals surface area (Å²) in [5, 5.41) is 13.9. The lowest BCUT2D eigenvalue weighted by Crippen LogP contribution is -2.47. The molecule has 1 aromatic rings. The molecule has 2 N–H and O–H groups in total. The van der Waals surface area contributed by atoms with E-state index >= 15 is 0 Å². The SMILES string of the molecule is CCCNC(CC(C)CO)C(C)(CC)c1ccc(Cl)cc1. The Bertz CT molecular complexity index is 406. The van der Waals surface area contributed by atoms with Crippen LogP contribution in [0.2, 0.25) is 5.02 Å². The Morgan fingerprint density at radius 3 is 2.33 bits per heavy atom. The van der Waals surface area contributed by atoms with E-state index in [-0.39, 0.29) is 12.0 Å². The molecule has 3 atom stereocenters. The molecule has 0 amide bonds. The molecule has 0 saturated heterocycles. The average molecular weight is 312 g/mol. The first kappa shape index (κ1) is 18.5. The van der Waals surface area contributed by atoms with E-state index in [4.69, 9.17) is 11.6 Å². The lowest BCUT2D eigenvalue weighted by Gasteiger charge is -2.39. The molecule has 0 fully saturated rings. The van der Waals surface area contributed by atoms with Crippen molar-refractivity contribution in [2.45, 2.75) is 58.4 Å². The van der Waals surface area contributed by atoms with Gasteiger partial charge in [-0.05, 0) is 49.4 Å². The summed E-state index contributed by atoms with van der Waals surface area (Å²) in [5.74, 6) is 0.303. The molecule has 1 aromatic carbocycles. The fraction of sp³-hybridized carbons (Fsp3) is 0.667. The number of rotatable bonds is 9. The smallest absolute Gasteiger partial charge is 0.0457 e. The molecule has 0 radical (unpaired) electrons. The predicted molar refractivity (Wildman–Crippen MR) is 92.0 cm³/mol. The van der Waals surface area contributed by atoms with Gasteiger partial charge in [-0.25, -0.2) is 0 Å². The van der Waals surface area contributed by atoms with Crippen molar-refractivity contribution in [1.82, 2.24) is 5.32 Å². The maximum atomic E-state index is 9.41. The van der Waals surface area contributed by atoms with E-state index in [9.17, 15) is 5.11 Å². The number of hydrogen-bond donors (Lipinski definition) is 2. The Morgan fingerprint density at radius 1 is 1.24 bits per heavy atom. The van der Waals surface area contributed by atoms with Crippen molar-refractivity contribution in [3.8, 4) is 0 Å². The molecule has 0 saturated carbocycles. The van der Waals surface area contributed by atoms with Crippen LogP contribution in [-0.2, 0) is 5.41 Å². The molecular weight excluding hydrogens is 282 g/mol. The Morgan fingerprint density at radius 2 is 1.86 bits per heavy atom. The zero-order chi connectivity index (χ0) is 15.9. The van der Waals surface area contributed by atoms with Crippen LogP contribution in [0.5, 0.6) is 0 Å². The predicted octanol–water partition coefficient (Wildman–Crippen LogP) is 4.39. The second-order valence-electron chi connectivity index (χ2n) is 6.31. The second-order valence-corrected chi connectivity index (χ2v) is 6.74. The van der Waals surface area contributed by atoms with Gasteiger partial charge >= 0.3 is 0 Å². The van der Waals surface area contributed by atoms with E-state index in [1.165, 1.54) is 5.56 Å². The quantitative estimate of drug-likeness (QED) is 0.708. The van der Waals surface area contributed by atoms with Crippen LogP contribution in [0.15, 0.2) is 24.3 Å². The molecule has 0 aliphatic carbocycles. The molecule has 0 heterocycles. The monoisotopic (exact) mass is 311 g/mol. The summed E-state index contributed by atoms with van der Waals surface area (Å²) in [7, 11) is 0. The lowest BCUT2D eigenvalue weighted by atomic mass is 9.71. The number of nitrogens with one attached hydrogen (secondary N) is 1. The first-order chi connectivity index (χ1) is 9.97. The molecule has 1 rings (SSSR count). The van der Waals surface area contributed by atoms with Gasteiger partial charge in [0.15, 0.2) is 0 Å². The molecule has 0 aromatic heterocycles. The second kappa shape index (κ2) is 8.77. The number of hydrogen-bond acceptors (Lipinski definition) is 2. The van der Waals surface area contributed by atoms with Crippen LogP contribution < -0.4 is 5.32 Å². The van der Waals surface area contributed by atoms with Crippen molar-refractivity contribution in [3.05, 3.63) is 34.9 Å². The van der Waals surface area contributed by atoms with E-state index in [0.29, 0.717) is 12.0 Å². The van der Waals surface area contributed by atoms with Crippen molar-refractivity contribution in [2.24, 2.45) is 5.92 Å². The third-order valence-electron chi connectivity index (χ3n) is 4.60. The minimum atomic E-state index is 0.0448. The van der Waals surface area contributed by atoms with Gasteiger partial charge in [-0.1, -0.05) is 51.4 Å². The highest BCUT2D eigenvalue weighted by Gasteiger charge is 2.34. The summed E-state index contributed by atoms with van der Waals surface area (Å²) in [4.78, 5) is 0. The van der Waals surface area contributed by atoms with Gasteiger partial charge in [-0.15, -0.1) is 0 Å². The molecular formula is C18H30ClNO. The summed E-state index contributed by atoms with van der Waals surface area (Å²) in [6, 6.07) is 8.56. The Balaban J connectivity index is 3.04. The Hall–Kier alpha value is -0.570. The zero-order valence-electron chi connectivity index (χ0n) is 13.8. The summed E-state index contributed by atoms with van der Waals surface area (Å²) < 4.78 is 0. The van der Waals surface area contributed by atoms with Gasteiger partial charge in [-0.2, -0.15) is 0 Å². The molecule has 3 unspecified atom stereocenters. The van der Waals surface area contributed by atoms with E-state index in [2.05, 4.69) is 45.1 Å². The highest BCUT2D eigenvalue weighted by atomic mass is 35.5. The highest BCUT2D eigenvalue weighted by molar-refractivity contribution is 6.30. The van der Waals surface area contributed by atoms with Crippen molar-refractivity contribution in [1.29, 1.82) is 0 Å². The van der Waals surface area contributed by atoms with Crippen LogP contribution in [0, 0.1) is 5.92 Å². The summed E-state index contributed by atoms with van der Waals surface area (Å²) >= 11 is 6.03. The Labute approximate surface area is 134 Å². The first-order valence-electron chi connectivity index (χ1n) is 8.08. The molecule has 3 heteroatoms. The van der Waals surface area contributed by atoms with Gasteiger partial charge in [0.05, 0.1) is 0 Å². The number of aliphatic hydroxyl groups excluding tert-OH is 1. The standard InChI is InChI=1S/C18H30ClNO/c1-5-11-20-17(12-14(3)13-21)18(4,6-2)15-7-9-16(19)10-8-15/h7-10,14,17,20-21H,5-6,11-13H2,1-4H3. The van der Waals surface area contributed by atoms with Crippen LogP contribution in [0.1, 0.15) is 52.5 Å². The van der Waals surface area contributed by atoms with Gasteiger partial charge in [-0.3, -0.25) is 0 Å². The van der Waals surface area contributed by atoms with Gasteiger partial charge in [0.2, 0.25) is 0 Å². The third kappa shape index (κ3) is 4.98. The average Bonchev–Trinajstić information content (AvgIpc) is 2.50. The molecule has 2 nitrogen and oxygen atoms in total. The summed E-state index contributed by atoms with van der Waals surface area (Å²) in [5.41, 5.74) is 1.36. The number of aliphatic hydroxyl groups is 1. The largest absolute Gasteiger partial charge is 0.396 e. The summed E-state index contributed by atoms with van der Waals surface area (Å²) in [6.45, 7) is 10.1. The van der Waals surface area contributed by atoms with Crippen LogP contribution in [-0.4, -0.2) is 24.3 Å². The topological polar surface area (TPSA) is 32.3 Å². The normalized spacial score (nSPS) is 17.2. The van der Waals surface area contributed by atoms with Crippen molar-refractivity contribution >= 4 is 11.6 Å². The fourth-order valence-electron chi connectivity index (χ4n) is 2.85. The van der Waals surface area contributed by atoms with Crippen LogP contribution in [0.3, 0.4) is 0 Å². The Kier molecular flexibility index (Phi) is 7.72. The van der Waals surface area contributed by atoms with Crippen molar-refractivity contribution in [2.75, 3.05) is 13.2 Å². The molecule has 21 heavy (non-hydrogen) atoms. The van der Waals surface area contributed by atoms with Gasteiger partial charge in [0, 0.05) is 23.1 Å². The maximum absolute atomic E-state index is 9.41. The fourth-order valence-corrected chi connectivity index (χ4v) is 2.97. The minimum Gasteiger partial charge on any atom is -0.396 e. The van der Waals surface area contributed by atoms with Gasteiger partial charge in [0.25, 0.3) is 0 Å². The lowest BCUT2D eigenvalue weighted by molar-refractivity contribution is 0.190. The summed E-state index contributed by atoms with van der Waals surface area (Å²) in [6.07, 6.45) is 3.14. The highest BCUT2D eigenvalue weighted by Crippen LogP contribution is 2.34. The van der Waals surface area contributed by atoms with Crippen molar-refractivity contribution in [3.63, 3.8) is 0 Å². The van der Waals surface area contributed by atoms with Crippen LogP contribution in [0.4, 0.5) is 0 Å². The van der Waals surface area contributed by atoms with Crippen LogP contribution in [0.25, 0.3) is 0 Å². The third-order valence-corrected chi connectivity index (χ3v) is 4.85. The van der Waals surface area contributed by atoms with E-state index < -0.39 is 0 Å². The van der Waals surface area contributed by atoms with Gasteiger partial charge in [0.1, 0.15) is 0 Å². The maximum Gasteiger partial charge on any atom is 0.0457 e. The van der Waals surface area contributed by atoms with Gasteiger partial charge < -0.3 is 10.4 Å². The zero-order valence-corrected chi connectivity index (χ0v) is 14.6. The molecule has 0 bridgehead atoms. The van der Waals surface area contributed by atoms with E-state index in [1.54, 1.807) is 0 Å². The number of halogens is 1. The van der Waals surface area contributed by atoms with Crippen LogP contribution >= 0.6 is 11.6 Å². The van der Waals surface area contributed by atoms with E-state index in [1.807, 2.05) is 12.1 Å². The van der Waals surface area contributed by atoms with E-state index in [0.717, 1.165) is 30.8 Å². The first-order valence-corrected chi connectivity index (χ1v) is 8.46. The minimum absolute atomic E-state index is 0.0448. The molecule has 120 valence electrons. The molecule has 0 aliphatic rings.